The lowest BCUT2D eigenvalue weighted by Gasteiger charge is -2.21. The Balaban J connectivity index is 0.00000158. The first-order valence-electron chi connectivity index (χ1n) is 9.48. The Morgan fingerprint density at radius 2 is 1.89 bits per heavy atom. The molecular weight excluding hydrogens is 352 g/mol. The van der Waals surface area contributed by atoms with Gasteiger partial charge in [-0.25, -0.2) is 9.18 Å². The molecule has 6 nitrogen and oxygen atoms in total. The number of fused-ring (bicyclic) bond motifs is 1. The zero-order valence-electron chi connectivity index (χ0n) is 17.7. The normalized spacial score (nSPS) is 14.9. The molecule has 2 rings (SSSR count). The molecule has 1 atom stereocenters. The number of rotatable bonds is 4. The van der Waals surface area contributed by atoms with Crippen LogP contribution in [-0.4, -0.2) is 37.0 Å². The van der Waals surface area contributed by atoms with Gasteiger partial charge in [-0.05, 0) is 39.8 Å². The summed E-state index contributed by atoms with van der Waals surface area (Å²) < 4.78 is 30.0. The summed E-state index contributed by atoms with van der Waals surface area (Å²) in [6.07, 6.45) is -1.45. The van der Waals surface area contributed by atoms with Gasteiger partial charge < -0.3 is 24.5 Å². The van der Waals surface area contributed by atoms with Crippen molar-refractivity contribution in [2.45, 2.75) is 67.1 Å². The molecule has 1 aliphatic rings. The predicted molar refractivity (Wildman–Crippen MR) is 106 cm³/mol. The average molecular weight is 385 g/mol. The van der Waals surface area contributed by atoms with Gasteiger partial charge in [0, 0.05) is 17.6 Å². The van der Waals surface area contributed by atoms with Crippen LogP contribution in [0.5, 0.6) is 5.75 Å². The van der Waals surface area contributed by atoms with Crippen molar-refractivity contribution in [2.75, 3.05) is 13.2 Å². The molecule has 0 bridgehead atoms. The number of halogens is 1. The van der Waals surface area contributed by atoms with Gasteiger partial charge in [0.05, 0.1) is 12.7 Å². The first-order chi connectivity index (χ1) is 12.7. The molecule has 1 amide bonds. The van der Waals surface area contributed by atoms with Gasteiger partial charge in [0.15, 0.2) is 0 Å². The fourth-order valence-electron chi connectivity index (χ4n) is 2.39. The van der Waals surface area contributed by atoms with Crippen LogP contribution < -0.4 is 15.5 Å². The number of amides is 1. The van der Waals surface area contributed by atoms with Crippen molar-refractivity contribution in [1.82, 2.24) is 5.32 Å². The van der Waals surface area contributed by atoms with Crippen LogP contribution in [0.15, 0.2) is 12.1 Å². The SMILES string of the molecule is CC.CC.CCOc1ccc(F)c2c1B(O)OC2CNC(=O)OC(C)(C)C. The lowest BCUT2D eigenvalue weighted by atomic mass is 9.78. The maximum atomic E-state index is 14.1. The van der Waals surface area contributed by atoms with Crippen molar-refractivity contribution >= 4 is 18.7 Å². The van der Waals surface area contributed by atoms with E-state index in [9.17, 15) is 14.2 Å². The molecule has 1 aromatic rings. The molecule has 1 aromatic carbocycles. The second kappa shape index (κ2) is 11.8. The summed E-state index contributed by atoms with van der Waals surface area (Å²) in [5, 5.41) is 12.5. The summed E-state index contributed by atoms with van der Waals surface area (Å²) in [5.74, 6) is -0.146. The van der Waals surface area contributed by atoms with Gasteiger partial charge in [-0.1, -0.05) is 27.7 Å². The van der Waals surface area contributed by atoms with Gasteiger partial charge in [-0.3, -0.25) is 0 Å². The summed E-state index contributed by atoms with van der Waals surface area (Å²) >= 11 is 0. The van der Waals surface area contributed by atoms with Gasteiger partial charge in [0.1, 0.15) is 17.2 Å². The molecule has 0 aliphatic carbocycles. The Hall–Kier alpha value is -1.80. The number of hydrogen-bond acceptors (Lipinski definition) is 5. The third-order valence-corrected chi connectivity index (χ3v) is 3.19. The van der Waals surface area contributed by atoms with Crippen LogP contribution in [0.1, 0.15) is 67.1 Å². The molecule has 1 aliphatic heterocycles. The lowest BCUT2D eigenvalue weighted by Crippen LogP contribution is -2.35. The van der Waals surface area contributed by atoms with Crippen LogP contribution in [-0.2, 0) is 9.39 Å². The molecule has 0 spiro atoms. The molecule has 0 fully saturated rings. The number of alkyl carbamates (subject to hydrolysis) is 1. The van der Waals surface area contributed by atoms with E-state index < -0.39 is 30.7 Å². The number of carbonyl (C=O) groups excluding carboxylic acids is 1. The molecule has 0 saturated heterocycles. The molecule has 27 heavy (non-hydrogen) atoms. The zero-order chi connectivity index (χ0) is 21.2. The first-order valence-corrected chi connectivity index (χ1v) is 9.48. The summed E-state index contributed by atoms with van der Waals surface area (Å²) in [7, 11) is -1.30. The molecule has 0 saturated carbocycles. The van der Waals surface area contributed by atoms with E-state index in [4.69, 9.17) is 14.1 Å². The van der Waals surface area contributed by atoms with Gasteiger partial charge in [0.2, 0.25) is 0 Å². The van der Waals surface area contributed by atoms with Crippen LogP contribution in [0.25, 0.3) is 0 Å². The van der Waals surface area contributed by atoms with Crippen LogP contribution in [0.3, 0.4) is 0 Å². The van der Waals surface area contributed by atoms with Gasteiger partial charge in [-0.15, -0.1) is 0 Å². The number of ether oxygens (including phenoxy) is 2. The van der Waals surface area contributed by atoms with Gasteiger partial charge >= 0.3 is 13.2 Å². The van der Waals surface area contributed by atoms with E-state index in [2.05, 4.69) is 5.32 Å². The molecule has 1 heterocycles. The molecule has 154 valence electrons. The van der Waals surface area contributed by atoms with Crippen LogP contribution in [0.2, 0.25) is 0 Å². The molecule has 1 unspecified atom stereocenters. The minimum absolute atomic E-state index is 0.0223. The van der Waals surface area contributed by atoms with Crippen molar-refractivity contribution in [2.24, 2.45) is 0 Å². The van der Waals surface area contributed by atoms with E-state index in [1.165, 1.54) is 12.1 Å². The van der Waals surface area contributed by atoms with E-state index in [1.54, 1.807) is 27.7 Å². The third kappa shape index (κ3) is 7.38. The Labute approximate surface area is 162 Å². The lowest BCUT2D eigenvalue weighted by molar-refractivity contribution is 0.0497. The minimum atomic E-state index is -1.30. The van der Waals surface area contributed by atoms with Crippen LogP contribution >= 0.6 is 0 Å². The van der Waals surface area contributed by atoms with E-state index in [-0.39, 0.29) is 17.6 Å². The van der Waals surface area contributed by atoms with Gasteiger partial charge in [0.25, 0.3) is 0 Å². The van der Waals surface area contributed by atoms with Gasteiger partial charge in [-0.2, -0.15) is 0 Å². The quantitative estimate of drug-likeness (QED) is 0.775. The highest BCUT2D eigenvalue weighted by Gasteiger charge is 2.40. The highest BCUT2D eigenvalue weighted by molar-refractivity contribution is 6.62. The maximum Gasteiger partial charge on any atom is 0.495 e. The zero-order valence-corrected chi connectivity index (χ0v) is 17.7. The van der Waals surface area contributed by atoms with Crippen molar-refractivity contribution in [3.63, 3.8) is 0 Å². The summed E-state index contributed by atoms with van der Waals surface area (Å²) in [6.45, 7) is 15.4. The van der Waals surface area contributed by atoms with Crippen molar-refractivity contribution in [3.8, 4) is 5.75 Å². The van der Waals surface area contributed by atoms with E-state index in [0.29, 0.717) is 12.4 Å². The van der Waals surface area contributed by atoms with Crippen molar-refractivity contribution in [3.05, 3.63) is 23.5 Å². The molecule has 8 heteroatoms. The van der Waals surface area contributed by atoms with Crippen LogP contribution in [0, 0.1) is 5.82 Å². The minimum Gasteiger partial charge on any atom is -0.494 e. The van der Waals surface area contributed by atoms with Crippen molar-refractivity contribution < 1.29 is 28.3 Å². The Morgan fingerprint density at radius 1 is 1.30 bits per heavy atom. The van der Waals surface area contributed by atoms with E-state index in [0.717, 1.165) is 0 Å². The standard InChI is InChI=1S/C15H21BFNO5.2C2H6/c1-5-21-10-7-6-9(17)12-11(23-16(20)13(10)12)8-18-14(19)22-15(2,3)4;2*1-2/h6-7,11,20H,5,8H2,1-4H3,(H,18,19);2*1-2H3. The Bertz CT molecular complexity index is 592. The Morgan fingerprint density at radius 3 is 2.41 bits per heavy atom. The second-order valence-electron chi connectivity index (χ2n) is 6.17. The predicted octanol–water partition coefficient (Wildman–Crippen LogP) is 3.56. The highest BCUT2D eigenvalue weighted by Crippen LogP contribution is 2.29. The fourth-order valence-corrected chi connectivity index (χ4v) is 2.39. The van der Waals surface area contributed by atoms with Crippen molar-refractivity contribution in [1.29, 1.82) is 0 Å². The molecule has 0 aromatic heterocycles. The topological polar surface area (TPSA) is 77.0 Å². The Kier molecular flexibility index (Phi) is 11.0. The molecular formula is C19H33BFNO5. The fraction of sp³-hybridized carbons (Fsp3) is 0.632. The average Bonchev–Trinajstić information content (AvgIpc) is 2.95. The number of carbonyl (C=O) groups is 1. The second-order valence-corrected chi connectivity index (χ2v) is 6.17. The summed E-state index contributed by atoms with van der Waals surface area (Å²) in [4.78, 5) is 11.7. The summed E-state index contributed by atoms with van der Waals surface area (Å²) in [6, 6.07) is 2.71. The number of benzene rings is 1. The monoisotopic (exact) mass is 385 g/mol. The molecule has 2 N–H and O–H groups in total. The maximum absolute atomic E-state index is 14.1. The number of hydrogen-bond donors (Lipinski definition) is 2. The smallest absolute Gasteiger partial charge is 0.494 e. The largest absolute Gasteiger partial charge is 0.495 e. The highest BCUT2D eigenvalue weighted by atomic mass is 19.1. The molecule has 0 radical (unpaired) electrons. The third-order valence-electron chi connectivity index (χ3n) is 3.19. The van der Waals surface area contributed by atoms with Crippen LogP contribution in [0.4, 0.5) is 9.18 Å². The summed E-state index contributed by atoms with van der Waals surface area (Å²) in [5.41, 5.74) is -0.173. The number of nitrogens with one attached hydrogen (secondary N) is 1. The van der Waals surface area contributed by atoms with E-state index in [1.807, 2.05) is 27.7 Å². The first kappa shape index (κ1) is 25.2. The van der Waals surface area contributed by atoms with E-state index >= 15 is 0 Å².